The molecule has 0 aromatic rings. The Labute approximate surface area is 86.8 Å². The van der Waals surface area contributed by atoms with Gasteiger partial charge in [-0.3, -0.25) is 19.3 Å². The lowest BCUT2D eigenvalue weighted by molar-refractivity contribution is -0.143. The number of carbonyl (C=O) groups is 4. The van der Waals surface area contributed by atoms with E-state index in [-0.39, 0.29) is 12.3 Å². The second kappa shape index (κ2) is 4.20. The Morgan fingerprint density at radius 1 is 1.20 bits per heavy atom. The van der Waals surface area contributed by atoms with E-state index in [4.69, 9.17) is 0 Å². The molecule has 1 rings (SSSR count). The molecule has 1 heterocycles. The SMILES string of the molecule is CCCC(=O)CN1C(=O)C(=O)N(C)C1=O. The number of carbonyl (C=O) groups excluding carboxylic acids is 4. The van der Waals surface area contributed by atoms with Gasteiger partial charge >= 0.3 is 17.8 Å². The molecule has 0 aliphatic carbocycles. The summed E-state index contributed by atoms with van der Waals surface area (Å²) in [5.74, 6) is -2.03. The normalized spacial score (nSPS) is 16.5. The summed E-state index contributed by atoms with van der Waals surface area (Å²) in [7, 11) is 1.22. The molecule has 6 heteroatoms. The van der Waals surface area contributed by atoms with Gasteiger partial charge in [0.25, 0.3) is 0 Å². The minimum atomic E-state index is -0.924. The van der Waals surface area contributed by atoms with Gasteiger partial charge in [0.1, 0.15) is 0 Å². The van der Waals surface area contributed by atoms with E-state index in [0.29, 0.717) is 22.6 Å². The molecule has 0 unspecified atom stereocenters. The van der Waals surface area contributed by atoms with Gasteiger partial charge in [0.05, 0.1) is 6.54 Å². The van der Waals surface area contributed by atoms with E-state index in [2.05, 4.69) is 0 Å². The van der Waals surface area contributed by atoms with Crippen molar-refractivity contribution in [1.82, 2.24) is 9.80 Å². The predicted molar refractivity (Wildman–Crippen MR) is 49.8 cm³/mol. The van der Waals surface area contributed by atoms with Gasteiger partial charge in [-0.15, -0.1) is 0 Å². The maximum absolute atomic E-state index is 11.3. The summed E-state index contributed by atoms with van der Waals surface area (Å²) < 4.78 is 0. The molecule has 0 aromatic heterocycles. The van der Waals surface area contributed by atoms with Crippen molar-refractivity contribution in [2.75, 3.05) is 13.6 Å². The highest BCUT2D eigenvalue weighted by molar-refractivity contribution is 6.44. The zero-order valence-corrected chi connectivity index (χ0v) is 8.65. The van der Waals surface area contributed by atoms with Crippen molar-refractivity contribution in [3.05, 3.63) is 0 Å². The molecule has 82 valence electrons. The van der Waals surface area contributed by atoms with Gasteiger partial charge in [0.2, 0.25) is 0 Å². The Hall–Kier alpha value is -1.72. The molecule has 0 spiro atoms. The van der Waals surface area contributed by atoms with E-state index in [9.17, 15) is 19.2 Å². The first-order valence-corrected chi connectivity index (χ1v) is 4.64. The molecular formula is C9H12N2O4. The van der Waals surface area contributed by atoms with E-state index in [0.717, 1.165) is 0 Å². The van der Waals surface area contributed by atoms with Crippen LogP contribution in [0.4, 0.5) is 4.79 Å². The van der Waals surface area contributed by atoms with E-state index in [1.165, 1.54) is 7.05 Å². The molecule has 0 aromatic carbocycles. The van der Waals surface area contributed by atoms with Crippen LogP contribution in [0, 0.1) is 0 Å². The second-order valence-corrected chi connectivity index (χ2v) is 3.33. The van der Waals surface area contributed by atoms with Crippen molar-refractivity contribution in [2.24, 2.45) is 0 Å². The molecule has 1 fully saturated rings. The summed E-state index contributed by atoms with van der Waals surface area (Å²) in [5, 5.41) is 0. The average molecular weight is 212 g/mol. The zero-order chi connectivity index (χ0) is 11.6. The number of rotatable bonds is 4. The number of urea groups is 1. The van der Waals surface area contributed by atoms with E-state index >= 15 is 0 Å². The summed E-state index contributed by atoms with van der Waals surface area (Å²) in [6.07, 6.45) is 0.952. The first kappa shape index (κ1) is 11.4. The Balaban J connectivity index is 2.71. The fourth-order valence-corrected chi connectivity index (χ4v) is 1.29. The number of hydrogen-bond donors (Lipinski definition) is 0. The smallest absolute Gasteiger partial charge is 0.298 e. The van der Waals surface area contributed by atoms with Crippen molar-refractivity contribution in [3.63, 3.8) is 0 Å². The summed E-state index contributed by atoms with van der Waals surface area (Å²) >= 11 is 0. The summed E-state index contributed by atoms with van der Waals surface area (Å²) in [6, 6.07) is -0.727. The lowest BCUT2D eigenvalue weighted by Gasteiger charge is -2.11. The number of imide groups is 2. The van der Waals surface area contributed by atoms with Crippen molar-refractivity contribution < 1.29 is 19.2 Å². The number of hydrogen-bond acceptors (Lipinski definition) is 4. The van der Waals surface area contributed by atoms with Gasteiger partial charge in [0.15, 0.2) is 5.78 Å². The monoisotopic (exact) mass is 212 g/mol. The number of likely N-dealkylation sites (N-methyl/N-ethyl adjacent to an activating group) is 1. The number of nitrogens with zero attached hydrogens (tertiary/aromatic N) is 2. The van der Waals surface area contributed by atoms with Crippen LogP contribution >= 0.6 is 0 Å². The van der Waals surface area contributed by atoms with Gasteiger partial charge < -0.3 is 0 Å². The molecule has 1 aliphatic heterocycles. The van der Waals surface area contributed by atoms with Crippen LogP contribution in [0.1, 0.15) is 19.8 Å². The van der Waals surface area contributed by atoms with Crippen molar-refractivity contribution in [1.29, 1.82) is 0 Å². The van der Waals surface area contributed by atoms with Crippen LogP contribution in [0.5, 0.6) is 0 Å². The fourth-order valence-electron chi connectivity index (χ4n) is 1.29. The molecule has 4 amide bonds. The van der Waals surface area contributed by atoms with Crippen LogP contribution < -0.4 is 0 Å². The number of ketones is 1. The zero-order valence-electron chi connectivity index (χ0n) is 8.65. The molecule has 1 saturated heterocycles. The molecule has 0 N–H and O–H groups in total. The highest BCUT2D eigenvalue weighted by Crippen LogP contribution is 2.09. The topological polar surface area (TPSA) is 74.8 Å². The summed E-state index contributed by atoms with van der Waals surface area (Å²) in [4.78, 5) is 46.2. The third-order valence-corrected chi connectivity index (χ3v) is 2.11. The Bertz CT molecular complexity index is 337. The first-order valence-electron chi connectivity index (χ1n) is 4.64. The van der Waals surface area contributed by atoms with E-state index in [1.54, 1.807) is 0 Å². The van der Waals surface area contributed by atoms with Crippen LogP contribution in [0.15, 0.2) is 0 Å². The number of Topliss-reactive ketones (excluding diaryl/α,β-unsaturated/α-hetero) is 1. The third kappa shape index (κ3) is 2.03. The van der Waals surface area contributed by atoms with Gasteiger partial charge in [0, 0.05) is 13.5 Å². The maximum atomic E-state index is 11.3. The molecule has 15 heavy (non-hydrogen) atoms. The molecule has 6 nitrogen and oxygen atoms in total. The predicted octanol–water partition coefficient (Wildman–Crippen LogP) is -0.224. The minimum absolute atomic E-state index is 0.220. The minimum Gasteiger partial charge on any atom is -0.298 e. The molecule has 1 aliphatic rings. The average Bonchev–Trinajstić information content (AvgIpc) is 2.36. The molecule has 0 atom stereocenters. The lowest BCUT2D eigenvalue weighted by Crippen LogP contribution is -2.36. The second-order valence-electron chi connectivity index (χ2n) is 3.33. The third-order valence-electron chi connectivity index (χ3n) is 2.11. The van der Waals surface area contributed by atoms with Gasteiger partial charge in [-0.25, -0.2) is 9.69 Å². The summed E-state index contributed by atoms with van der Waals surface area (Å²) in [6.45, 7) is 1.52. The fraction of sp³-hybridized carbons (Fsp3) is 0.556. The number of amides is 4. The molecule has 0 bridgehead atoms. The van der Waals surface area contributed by atoms with Crippen LogP contribution in [0.25, 0.3) is 0 Å². The Kier molecular flexibility index (Phi) is 3.18. The summed E-state index contributed by atoms with van der Waals surface area (Å²) in [5.41, 5.74) is 0. The molecule has 0 radical (unpaired) electrons. The Morgan fingerprint density at radius 3 is 2.20 bits per heavy atom. The quantitative estimate of drug-likeness (QED) is 0.476. The van der Waals surface area contributed by atoms with Crippen molar-refractivity contribution in [3.8, 4) is 0 Å². The molecule has 0 saturated carbocycles. The highest BCUT2D eigenvalue weighted by Gasteiger charge is 2.42. The van der Waals surface area contributed by atoms with Crippen LogP contribution in [0.3, 0.4) is 0 Å². The van der Waals surface area contributed by atoms with E-state index < -0.39 is 17.8 Å². The van der Waals surface area contributed by atoms with E-state index in [1.807, 2.05) is 6.92 Å². The van der Waals surface area contributed by atoms with Crippen molar-refractivity contribution in [2.45, 2.75) is 19.8 Å². The standard InChI is InChI=1S/C9H12N2O4/c1-3-4-6(12)5-11-8(14)7(13)10(2)9(11)15/h3-5H2,1-2H3. The highest BCUT2D eigenvalue weighted by atomic mass is 16.2. The van der Waals surface area contributed by atoms with Crippen LogP contribution in [-0.2, 0) is 14.4 Å². The van der Waals surface area contributed by atoms with Crippen molar-refractivity contribution >= 4 is 23.6 Å². The largest absolute Gasteiger partial charge is 0.334 e. The maximum Gasteiger partial charge on any atom is 0.334 e. The van der Waals surface area contributed by atoms with Crippen LogP contribution in [0.2, 0.25) is 0 Å². The Morgan fingerprint density at radius 2 is 1.80 bits per heavy atom. The lowest BCUT2D eigenvalue weighted by atomic mass is 10.2. The van der Waals surface area contributed by atoms with Gasteiger partial charge in [-0.05, 0) is 6.42 Å². The van der Waals surface area contributed by atoms with Gasteiger partial charge in [-0.1, -0.05) is 6.92 Å². The van der Waals surface area contributed by atoms with Crippen LogP contribution in [-0.4, -0.2) is 47.0 Å². The molecular weight excluding hydrogens is 200 g/mol. The van der Waals surface area contributed by atoms with Gasteiger partial charge in [-0.2, -0.15) is 0 Å². The first-order chi connectivity index (χ1) is 6.99.